The molecule has 0 aliphatic carbocycles. The normalized spacial score (nSPS) is 10.8. The zero-order valence-corrected chi connectivity index (χ0v) is 27.2. The quantitative estimate of drug-likeness (QED) is 0.131. The van der Waals surface area contributed by atoms with Crippen molar-refractivity contribution in [2.75, 3.05) is 0 Å². The Balaban J connectivity index is 0.000000459. The summed E-state index contributed by atoms with van der Waals surface area (Å²) in [6, 6.07) is 31.7. The van der Waals surface area contributed by atoms with E-state index >= 15 is 0 Å². The number of unbranched alkanes of at least 4 members (excludes halogenated alkanes) is 2. The summed E-state index contributed by atoms with van der Waals surface area (Å²) in [6.45, 7) is 16.0. The van der Waals surface area contributed by atoms with Crippen molar-refractivity contribution < 1.29 is 21.7 Å². The van der Waals surface area contributed by atoms with E-state index < -0.39 is 0 Å². The molecular weight excluding hydrogens is 528 g/mol. The van der Waals surface area contributed by atoms with Crippen molar-refractivity contribution in [3.63, 3.8) is 0 Å². The second-order valence-electron chi connectivity index (χ2n) is 10.7. The minimum absolute atomic E-state index is 0. The second kappa shape index (κ2) is 16.1. The first kappa shape index (κ1) is 32.8. The molecule has 0 N–H and O–H groups in total. The standard InChI is InChI=1S/C32H28.2C4H9.Ti/c1-3-21-19-25-15-13-23-9-5-7-11-27(23)31(25)29(21)17-18-30-22(4-2)20-26-16-14-24-10-6-8-12-28(24)32(26)30;2*1-3-4-2;/h5-16,19-20H,3-4,17-18H2,1-2H3;2*1,3-4H2,2H3;/q-2;2*-1;+4. The van der Waals surface area contributed by atoms with Crippen LogP contribution in [-0.2, 0) is 47.4 Å². The summed E-state index contributed by atoms with van der Waals surface area (Å²) in [6.07, 6.45) is 8.92. The topological polar surface area (TPSA) is 0 Å². The van der Waals surface area contributed by atoms with Crippen LogP contribution in [0.3, 0.4) is 0 Å². The summed E-state index contributed by atoms with van der Waals surface area (Å²) in [5, 5.41) is 11.2. The maximum atomic E-state index is 3.60. The van der Waals surface area contributed by atoms with Gasteiger partial charge < -0.3 is 13.8 Å². The van der Waals surface area contributed by atoms with E-state index in [1.54, 1.807) is 11.1 Å². The molecular formula is C40H46Ti. The average Bonchev–Trinajstić information content (AvgIpc) is 3.58. The molecule has 0 aliphatic heterocycles. The molecule has 6 aromatic carbocycles. The predicted molar refractivity (Wildman–Crippen MR) is 181 cm³/mol. The van der Waals surface area contributed by atoms with Gasteiger partial charge in [-0.2, -0.15) is 24.0 Å². The molecule has 0 nitrogen and oxygen atoms in total. The molecule has 6 rings (SSSR count). The van der Waals surface area contributed by atoms with Gasteiger partial charge in [-0.1, -0.05) is 125 Å². The van der Waals surface area contributed by atoms with Gasteiger partial charge in [0.1, 0.15) is 0 Å². The third-order valence-electron chi connectivity index (χ3n) is 8.05. The third-order valence-corrected chi connectivity index (χ3v) is 8.05. The van der Waals surface area contributed by atoms with Crippen LogP contribution in [0.4, 0.5) is 0 Å². The summed E-state index contributed by atoms with van der Waals surface area (Å²) in [4.78, 5) is 0. The maximum absolute atomic E-state index is 3.60. The first-order chi connectivity index (χ1) is 19.6. The van der Waals surface area contributed by atoms with E-state index in [0.717, 1.165) is 38.5 Å². The fourth-order valence-corrected chi connectivity index (χ4v) is 5.81. The molecule has 0 unspecified atom stereocenters. The van der Waals surface area contributed by atoms with Crippen LogP contribution in [0.15, 0.2) is 84.9 Å². The van der Waals surface area contributed by atoms with Gasteiger partial charge in [0.05, 0.1) is 0 Å². The Morgan fingerprint density at radius 3 is 1.24 bits per heavy atom. The van der Waals surface area contributed by atoms with Crippen LogP contribution >= 0.6 is 0 Å². The second-order valence-corrected chi connectivity index (χ2v) is 10.7. The van der Waals surface area contributed by atoms with Crippen LogP contribution in [0, 0.1) is 13.8 Å². The number of aryl methyl sites for hydroxylation is 4. The summed E-state index contributed by atoms with van der Waals surface area (Å²) in [5.74, 6) is 0. The van der Waals surface area contributed by atoms with Gasteiger partial charge in [0, 0.05) is 0 Å². The maximum Gasteiger partial charge on any atom is 4.00 e. The van der Waals surface area contributed by atoms with Crippen LogP contribution in [0.5, 0.6) is 0 Å². The van der Waals surface area contributed by atoms with Crippen molar-refractivity contribution in [2.45, 2.75) is 79.1 Å². The molecule has 6 aromatic rings. The molecule has 1 heteroatoms. The summed E-state index contributed by atoms with van der Waals surface area (Å²) in [7, 11) is 0. The number of hydrogen-bond donors (Lipinski definition) is 0. The molecule has 0 fully saturated rings. The van der Waals surface area contributed by atoms with E-state index in [1.165, 1.54) is 67.1 Å². The molecule has 0 aliphatic rings. The number of fused-ring (bicyclic) bond motifs is 6. The Morgan fingerprint density at radius 2 is 0.902 bits per heavy atom. The van der Waals surface area contributed by atoms with Crippen molar-refractivity contribution in [1.29, 1.82) is 0 Å². The smallest absolute Gasteiger partial charge is 0.343 e. The molecule has 0 saturated carbocycles. The van der Waals surface area contributed by atoms with E-state index in [0.29, 0.717) is 0 Å². The fourth-order valence-electron chi connectivity index (χ4n) is 5.81. The van der Waals surface area contributed by atoms with Crippen LogP contribution in [0.25, 0.3) is 43.1 Å². The van der Waals surface area contributed by atoms with Gasteiger partial charge in [-0.15, -0.1) is 56.9 Å². The molecule has 0 saturated heterocycles. The molecule has 0 bridgehead atoms. The Kier molecular flexibility index (Phi) is 12.9. The van der Waals surface area contributed by atoms with Crippen molar-refractivity contribution in [2.24, 2.45) is 0 Å². The van der Waals surface area contributed by atoms with Crippen molar-refractivity contribution in [3.05, 3.63) is 121 Å². The van der Waals surface area contributed by atoms with Gasteiger partial charge in [-0.05, 0) is 23.6 Å². The number of hydrogen-bond acceptors (Lipinski definition) is 0. The minimum Gasteiger partial charge on any atom is -0.343 e. The fraction of sp³-hybridized carbons (Fsp3) is 0.300. The monoisotopic (exact) mass is 574 g/mol. The first-order valence-electron chi connectivity index (χ1n) is 15.4. The van der Waals surface area contributed by atoms with E-state index in [9.17, 15) is 0 Å². The molecule has 210 valence electrons. The summed E-state index contributed by atoms with van der Waals surface area (Å²) in [5.41, 5.74) is 6.12. The zero-order chi connectivity index (χ0) is 28.5. The predicted octanol–water partition coefficient (Wildman–Crippen LogP) is 11.9. The Hall–Kier alpha value is -2.67. The largest absolute Gasteiger partial charge is 4.00 e. The molecule has 0 radical (unpaired) electrons. The van der Waals surface area contributed by atoms with Gasteiger partial charge in [0.15, 0.2) is 0 Å². The zero-order valence-electron chi connectivity index (χ0n) is 25.7. The molecule has 0 heterocycles. The van der Waals surface area contributed by atoms with E-state index in [1.807, 2.05) is 0 Å². The minimum atomic E-state index is 0. The Morgan fingerprint density at radius 1 is 0.537 bits per heavy atom. The van der Waals surface area contributed by atoms with E-state index in [2.05, 4.69) is 126 Å². The van der Waals surface area contributed by atoms with Gasteiger partial charge in [-0.25, -0.2) is 0 Å². The van der Waals surface area contributed by atoms with Crippen LogP contribution in [-0.4, -0.2) is 0 Å². The van der Waals surface area contributed by atoms with Crippen LogP contribution < -0.4 is 0 Å². The van der Waals surface area contributed by atoms with Crippen LogP contribution in [0.1, 0.15) is 75.6 Å². The number of benzene rings is 4. The van der Waals surface area contributed by atoms with Gasteiger partial charge in [0.2, 0.25) is 0 Å². The van der Waals surface area contributed by atoms with E-state index in [-0.39, 0.29) is 21.7 Å². The Labute approximate surface area is 263 Å². The third kappa shape index (κ3) is 7.22. The summed E-state index contributed by atoms with van der Waals surface area (Å²) >= 11 is 0. The SMILES string of the molecule is CCc1[cH-]c2ccc3ccccc3c2c1CCc1c(CC)[cH-]c2ccc3ccccc3c12.[CH2-]CCC.[CH2-]CCC.[Ti+4]. The van der Waals surface area contributed by atoms with Crippen molar-refractivity contribution in [1.82, 2.24) is 0 Å². The van der Waals surface area contributed by atoms with E-state index in [4.69, 9.17) is 0 Å². The van der Waals surface area contributed by atoms with Crippen LogP contribution in [0.2, 0.25) is 0 Å². The van der Waals surface area contributed by atoms with Crippen molar-refractivity contribution >= 4 is 43.1 Å². The molecule has 0 amide bonds. The first-order valence-corrected chi connectivity index (χ1v) is 15.4. The van der Waals surface area contributed by atoms with Gasteiger partial charge in [-0.3, -0.25) is 0 Å². The van der Waals surface area contributed by atoms with Gasteiger partial charge in [0.25, 0.3) is 0 Å². The Bertz CT molecular complexity index is 1530. The molecule has 0 spiro atoms. The average molecular weight is 575 g/mol. The summed E-state index contributed by atoms with van der Waals surface area (Å²) < 4.78 is 0. The molecule has 0 aromatic heterocycles. The van der Waals surface area contributed by atoms with Crippen molar-refractivity contribution in [3.8, 4) is 0 Å². The van der Waals surface area contributed by atoms with Gasteiger partial charge >= 0.3 is 21.7 Å². The number of rotatable bonds is 7. The molecule has 41 heavy (non-hydrogen) atoms. The molecule has 0 atom stereocenters.